The maximum absolute atomic E-state index is 5.75. The Hall–Kier alpha value is -3.92. The summed E-state index contributed by atoms with van der Waals surface area (Å²) >= 11 is 0. The van der Waals surface area contributed by atoms with Crippen LogP contribution in [0.1, 0.15) is 11.5 Å². The number of nitrogens with zero attached hydrogens (tertiary/aromatic N) is 6. The van der Waals surface area contributed by atoms with Gasteiger partial charge in [-0.25, -0.2) is 9.97 Å². The van der Waals surface area contributed by atoms with E-state index in [9.17, 15) is 0 Å². The lowest BCUT2D eigenvalue weighted by Gasteiger charge is -2.30. The predicted octanol–water partition coefficient (Wildman–Crippen LogP) is 2.78. The zero-order valence-corrected chi connectivity index (χ0v) is 17.0. The highest BCUT2D eigenvalue weighted by Gasteiger charge is 2.24. The number of furan rings is 1. The topological polar surface area (TPSA) is 113 Å². The number of fused-ring (bicyclic) bond motifs is 3. The number of imidazole rings is 1. The highest BCUT2D eigenvalue weighted by Crippen LogP contribution is 2.30. The van der Waals surface area contributed by atoms with Gasteiger partial charge in [0.1, 0.15) is 11.3 Å². The molecule has 156 valence electrons. The van der Waals surface area contributed by atoms with Crippen molar-refractivity contribution in [1.29, 1.82) is 0 Å². The third kappa shape index (κ3) is 3.08. The van der Waals surface area contributed by atoms with E-state index in [1.165, 1.54) is 0 Å². The number of aromatic nitrogens is 6. The van der Waals surface area contributed by atoms with Gasteiger partial charge >= 0.3 is 0 Å². The molecule has 0 saturated carbocycles. The number of aromatic amines is 1. The molecule has 1 aromatic carbocycles. The summed E-state index contributed by atoms with van der Waals surface area (Å²) in [6, 6.07) is 7.85. The Kier molecular flexibility index (Phi) is 4.10. The highest BCUT2D eigenvalue weighted by atomic mass is 16.3. The largest absolute Gasteiger partial charge is 0.459 e. The van der Waals surface area contributed by atoms with Crippen molar-refractivity contribution >= 4 is 39.5 Å². The number of rotatable bonds is 5. The van der Waals surface area contributed by atoms with Gasteiger partial charge in [-0.15, -0.1) is 0 Å². The average molecular weight is 415 g/mol. The molecule has 31 heavy (non-hydrogen) atoms. The molecule has 0 unspecified atom stereocenters. The maximum Gasteiger partial charge on any atom is 0.229 e. The first-order valence-corrected chi connectivity index (χ1v) is 10.2. The second-order valence-corrected chi connectivity index (χ2v) is 7.57. The summed E-state index contributed by atoms with van der Waals surface area (Å²) in [5.74, 6) is 2.36. The number of nitrogens with one attached hydrogen (secondary N) is 3. The fraction of sp³-hybridized carbons (Fsp3) is 0.238. The van der Waals surface area contributed by atoms with Crippen LogP contribution in [0.4, 0.5) is 17.5 Å². The first-order chi connectivity index (χ1) is 15.3. The van der Waals surface area contributed by atoms with E-state index in [-0.39, 0.29) is 0 Å². The molecule has 0 aliphatic carbocycles. The van der Waals surface area contributed by atoms with Crippen LogP contribution < -0.4 is 15.5 Å². The van der Waals surface area contributed by atoms with Gasteiger partial charge in [0.05, 0.1) is 43.0 Å². The van der Waals surface area contributed by atoms with Gasteiger partial charge in [-0.3, -0.25) is 5.10 Å². The van der Waals surface area contributed by atoms with Crippen molar-refractivity contribution in [3.63, 3.8) is 0 Å². The quantitative estimate of drug-likeness (QED) is 0.402. The van der Waals surface area contributed by atoms with Crippen LogP contribution in [0.15, 0.2) is 47.3 Å². The van der Waals surface area contributed by atoms with Crippen LogP contribution in [0.5, 0.6) is 0 Å². The normalized spacial score (nSPS) is 13.8. The fourth-order valence-electron chi connectivity index (χ4n) is 4.09. The third-order valence-electron chi connectivity index (χ3n) is 5.59. The first kappa shape index (κ1) is 17.9. The summed E-state index contributed by atoms with van der Waals surface area (Å²) < 4.78 is 8.02. The molecule has 0 spiro atoms. The Bertz CT molecular complexity index is 1380. The van der Waals surface area contributed by atoms with Crippen LogP contribution in [-0.4, -0.2) is 43.3 Å². The van der Waals surface area contributed by atoms with Gasteiger partial charge in [-0.05, 0) is 25.2 Å². The van der Waals surface area contributed by atoms with E-state index >= 15 is 0 Å². The van der Waals surface area contributed by atoms with Crippen LogP contribution in [0.2, 0.25) is 0 Å². The highest BCUT2D eigenvalue weighted by molar-refractivity contribution is 5.86. The van der Waals surface area contributed by atoms with Gasteiger partial charge in [0.25, 0.3) is 0 Å². The number of H-pyrrole nitrogens is 1. The third-order valence-corrected chi connectivity index (χ3v) is 5.59. The van der Waals surface area contributed by atoms with E-state index in [1.54, 1.807) is 12.5 Å². The Labute approximate surface area is 177 Å². The summed E-state index contributed by atoms with van der Waals surface area (Å²) in [6.45, 7) is 3.12. The van der Waals surface area contributed by atoms with Crippen LogP contribution in [0.3, 0.4) is 0 Å². The monoisotopic (exact) mass is 415 g/mol. The van der Waals surface area contributed by atoms with Crippen molar-refractivity contribution < 1.29 is 4.42 Å². The average Bonchev–Trinajstić information content (AvgIpc) is 3.52. The van der Waals surface area contributed by atoms with Gasteiger partial charge < -0.3 is 24.5 Å². The minimum absolute atomic E-state index is 0.526. The standard InChI is InChI=1S/C21H21N9O/c1-22-11-18-23-10-15-12-29(5-6-30(15)18)20-19-16(4-7-31-19)26-21(27-20)25-14-3-2-13-9-24-28-17(13)8-14/h2-4,7-10,22H,5-6,11-12H2,1H3,(H,24,28)(H,25,26,27). The lowest BCUT2D eigenvalue weighted by molar-refractivity contribution is 0.535. The molecular weight excluding hydrogens is 394 g/mol. The Morgan fingerprint density at radius 1 is 1.16 bits per heavy atom. The van der Waals surface area contributed by atoms with E-state index in [0.29, 0.717) is 18.1 Å². The van der Waals surface area contributed by atoms with Crippen molar-refractivity contribution in [3.8, 4) is 0 Å². The Morgan fingerprint density at radius 3 is 3.06 bits per heavy atom. The SMILES string of the molecule is CNCc1ncc2n1CCN(c1nc(Nc3ccc4cn[nH]c4c3)nc3ccoc13)C2. The molecule has 5 heterocycles. The molecule has 0 atom stereocenters. The molecule has 5 aromatic rings. The van der Waals surface area contributed by atoms with Gasteiger partial charge in [-0.2, -0.15) is 10.1 Å². The van der Waals surface area contributed by atoms with Gasteiger partial charge in [0.15, 0.2) is 11.4 Å². The summed E-state index contributed by atoms with van der Waals surface area (Å²) in [5.41, 5.74) is 4.47. The molecule has 0 radical (unpaired) electrons. The molecule has 0 bridgehead atoms. The predicted molar refractivity (Wildman–Crippen MR) is 117 cm³/mol. The second kappa shape index (κ2) is 7.10. The summed E-state index contributed by atoms with van der Waals surface area (Å²) in [6.07, 6.45) is 5.40. The number of anilines is 3. The molecule has 10 nitrogen and oxygen atoms in total. The molecule has 3 N–H and O–H groups in total. The molecule has 6 rings (SSSR count). The van der Waals surface area contributed by atoms with Crippen molar-refractivity contribution in [2.45, 2.75) is 19.6 Å². The maximum atomic E-state index is 5.75. The molecule has 4 aromatic heterocycles. The minimum Gasteiger partial charge on any atom is -0.459 e. The Morgan fingerprint density at radius 2 is 2.13 bits per heavy atom. The van der Waals surface area contributed by atoms with Crippen molar-refractivity contribution in [2.75, 3.05) is 23.8 Å². The Balaban J connectivity index is 1.34. The summed E-state index contributed by atoms with van der Waals surface area (Å²) in [4.78, 5) is 16.2. The van der Waals surface area contributed by atoms with Crippen LogP contribution in [-0.2, 0) is 19.6 Å². The van der Waals surface area contributed by atoms with E-state index in [4.69, 9.17) is 9.40 Å². The zero-order chi connectivity index (χ0) is 20.8. The van der Waals surface area contributed by atoms with Gasteiger partial charge in [0.2, 0.25) is 5.95 Å². The molecule has 0 amide bonds. The van der Waals surface area contributed by atoms with Crippen molar-refractivity contribution in [1.82, 2.24) is 35.0 Å². The van der Waals surface area contributed by atoms with E-state index in [0.717, 1.165) is 59.1 Å². The lowest BCUT2D eigenvalue weighted by atomic mass is 10.2. The summed E-state index contributed by atoms with van der Waals surface area (Å²) in [7, 11) is 1.93. The molecule has 1 aliphatic heterocycles. The molecule has 0 saturated heterocycles. The van der Waals surface area contributed by atoms with E-state index < -0.39 is 0 Å². The van der Waals surface area contributed by atoms with Crippen LogP contribution >= 0.6 is 0 Å². The zero-order valence-electron chi connectivity index (χ0n) is 17.0. The van der Waals surface area contributed by atoms with E-state index in [2.05, 4.69) is 40.3 Å². The van der Waals surface area contributed by atoms with Crippen LogP contribution in [0.25, 0.3) is 22.0 Å². The number of benzene rings is 1. The number of hydrogen-bond donors (Lipinski definition) is 3. The molecule has 0 fully saturated rings. The summed E-state index contributed by atoms with van der Waals surface area (Å²) in [5, 5.41) is 14.6. The smallest absolute Gasteiger partial charge is 0.229 e. The van der Waals surface area contributed by atoms with Crippen LogP contribution in [0, 0.1) is 0 Å². The first-order valence-electron chi connectivity index (χ1n) is 10.2. The number of hydrogen-bond acceptors (Lipinski definition) is 8. The van der Waals surface area contributed by atoms with Crippen molar-refractivity contribution in [2.24, 2.45) is 0 Å². The minimum atomic E-state index is 0.526. The van der Waals surface area contributed by atoms with Crippen molar-refractivity contribution in [3.05, 3.63) is 54.4 Å². The lowest BCUT2D eigenvalue weighted by Crippen LogP contribution is -2.35. The molecule has 1 aliphatic rings. The second-order valence-electron chi connectivity index (χ2n) is 7.57. The molecular formula is C21H21N9O. The molecule has 10 heteroatoms. The van der Waals surface area contributed by atoms with Gasteiger partial charge in [0, 0.05) is 30.2 Å². The van der Waals surface area contributed by atoms with Gasteiger partial charge in [-0.1, -0.05) is 0 Å². The van der Waals surface area contributed by atoms with E-state index in [1.807, 2.05) is 37.5 Å². The fourth-order valence-corrected chi connectivity index (χ4v) is 4.09.